The molecule has 2 rings (SSSR count). The molecule has 0 radical (unpaired) electrons. The zero-order valence-corrected chi connectivity index (χ0v) is 7.18. The number of aromatic amines is 1. The van der Waals surface area contributed by atoms with Gasteiger partial charge in [-0.25, -0.2) is 14.8 Å². The zero-order valence-electron chi connectivity index (χ0n) is 7.18. The Morgan fingerprint density at radius 3 is 2.79 bits per heavy atom. The third-order valence-corrected chi connectivity index (χ3v) is 1.50. The van der Waals surface area contributed by atoms with E-state index in [1.807, 2.05) is 0 Å². The quantitative estimate of drug-likeness (QED) is 0.763. The molecule has 0 unspecified atom stereocenters. The van der Waals surface area contributed by atoms with Crippen molar-refractivity contribution in [2.75, 3.05) is 0 Å². The third kappa shape index (κ3) is 1.95. The van der Waals surface area contributed by atoms with Gasteiger partial charge in [0, 0.05) is 24.5 Å². The Labute approximate surface area is 79.4 Å². The Morgan fingerprint density at radius 2 is 2.07 bits per heavy atom. The minimum atomic E-state index is -0.446. The first-order valence-electron chi connectivity index (χ1n) is 3.99. The summed E-state index contributed by atoms with van der Waals surface area (Å²) in [4.78, 5) is 20.6. The topological polar surface area (TPSA) is 67.9 Å². The fraction of sp³-hybridized carbons (Fsp3) is 0. The highest BCUT2D eigenvalue weighted by molar-refractivity contribution is 5.17. The molecule has 1 N–H and O–H groups in total. The van der Waals surface area contributed by atoms with E-state index in [2.05, 4.69) is 15.0 Å². The van der Waals surface area contributed by atoms with E-state index in [4.69, 9.17) is 4.74 Å². The van der Waals surface area contributed by atoms with Gasteiger partial charge >= 0.3 is 5.69 Å². The molecule has 0 aliphatic heterocycles. The van der Waals surface area contributed by atoms with Gasteiger partial charge in [-0.2, -0.15) is 0 Å². The van der Waals surface area contributed by atoms with E-state index in [9.17, 15) is 4.79 Å². The number of hydrogen-bond acceptors (Lipinski definition) is 4. The van der Waals surface area contributed by atoms with Gasteiger partial charge in [0.2, 0.25) is 11.8 Å². The van der Waals surface area contributed by atoms with Crippen LogP contribution >= 0.6 is 0 Å². The van der Waals surface area contributed by atoms with Gasteiger partial charge in [0.1, 0.15) is 0 Å². The van der Waals surface area contributed by atoms with Crippen molar-refractivity contribution in [1.29, 1.82) is 0 Å². The summed E-state index contributed by atoms with van der Waals surface area (Å²) in [6.45, 7) is 0. The normalized spacial score (nSPS) is 9.71. The molecule has 0 saturated heterocycles. The first-order valence-corrected chi connectivity index (χ1v) is 3.99. The molecule has 0 spiro atoms. The molecule has 0 saturated carbocycles. The maximum absolute atomic E-state index is 10.8. The second-order valence-corrected chi connectivity index (χ2v) is 2.51. The van der Waals surface area contributed by atoms with Crippen LogP contribution in [0, 0.1) is 0 Å². The molecule has 5 heteroatoms. The van der Waals surface area contributed by atoms with E-state index in [0.717, 1.165) is 0 Å². The van der Waals surface area contributed by atoms with Crippen molar-refractivity contribution in [2.24, 2.45) is 0 Å². The minimum Gasteiger partial charge on any atom is -0.423 e. The molecule has 0 bridgehead atoms. The van der Waals surface area contributed by atoms with Gasteiger partial charge in [0.05, 0.1) is 0 Å². The molecule has 0 fully saturated rings. The monoisotopic (exact) mass is 189 g/mol. The Morgan fingerprint density at radius 1 is 1.14 bits per heavy atom. The lowest BCUT2D eigenvalue weighted by molar-refractivity contribution is 0.441. The number of ether oxygens (including phenoxy) is 1. The highest BCUT2D eigenvalue weighted by Gasteiger charge is 1.97. The van der Waals surface area contributed by atoms with Crippen LogP contribution in [-0.4, -0.2) is 15.0 Å². The van der Waals surface area contributed by atoms with Crippen molar-refractivity contribution < 1.29 is 4.74 Å². The molecule has 2 heterocycles. The maximum atomic E-state index is 10.8. The summed E-state index contributed by atoms with van der Waals surface area (Å²) >= 11 is 0. The number of H-pyrrole nitrogens is 1. The van der Waals surface area contributed by atoms with Crippen LogP contribution in [0.1, 0.15) is 0 Å². The summed E-state index contributed by atoms with van der Waals surface area (Å²) in [6.07, 6.45) is 2.98. The molecule has 0 amide bonds. The van der Waals surface area contributed by atoms with Crippen LogP contribution in [-0.2, 0) is 0 Å². The highest BCUT2D eigenvalue weighted by Crippen LogP contribution is 2.12. The number of rotatable bonds is 2. The molecule has 70 valence electrons. The molecule has 0 atom stereocenters. The van der Waals surface area contributed by atoms with Crippen molar-refractivity contribution in [3.8, 4) is 11.8 Å². The van der Waals surface area contributed by atoms with Crippen LogP contribution < -0.4 is 10.4 Å². The molecule has 14 heavy (non-hydrogen) atoms. The number of aromatic nitrogens is 3. The van der Waals surface area contributed by atoms with Crippen molar-refractivity contribution in [1.82, 2.24) is 15.0 Å². The van der Waals surface area contributed by atoms with Crippen molar-refractivity contribution in [2.45, 2.75) is 0 Å². The Hall–Kier alpha value is -2.17. The Bertz CT molecular complexity index is 467. The molecular weight excluding hydrogens is 182 g/mol. The molecular formula is C9H7N3O2. The van der Waals surface area contributed by atoms with Gasteiger partial charge < -0.3 is 4.74 Å². The Balaban J connectivity index is 2.24. The molecule has 0 aromatic carbocycles. The summed E-state index contributed by atoms with van der Waals surface area (Å²) in [5.74, 6) is 0.748. The second kappa shape index (κ2) is 3.69. The number of pyridine rings is 1. The van der Waals surface area contributed by atoms with Gasteiger partial charge in [-0.3, -0.25) is 4.98 Å². The van der Waals surface area contributed by atoms with Gasteiger partial charge in [-0.05, 0) is 6.07 Å². The fourth-order valence-electron chi connectivity index (χ4n) is 0.932. The van der Waals surface area contributed by atoms with Gasteiger partial charge in [0.25, 0.3) is 0 Å². The number of nitrogens with zero attached hydrogens (tertiary/aromatic N) is 2. The van der Waals surface area contributed by atoms with Crippen molar-refractivity contribution in [3.05, 3.63) is 47.1 Å². The molecule has 5 nitrogen and oxygen atoms in total. The van der Waals surface area contributed by atoms with Crippen molar-refractivity contribution >= 4 is 0 Å². The smallest absolute Gasteiger partial charge is 0.347 e. The van der Waals surface area contributed by atoms with E-state index in [-0.39, 0.29) is 0 Å². The molecule has 0 aliphatic rings. The van der Waals surface area contributed by atoms with Crippen LogP contribution in [0.2, 0.25) is 0 Å². The summed E-state index contributed by atoms with van der Waals surface area (Å²) in [6, 6.07) is 6.82. The fourth-order valence-corrected chi connectivity index (χ4v) is 0.932. The van der Waals surface area contributed by atoms with E-state index in [0.29, 0.717) is 11.8 Å². The second-order valence-electron chi connectivity index (χ2n) is 2.51. The third-order valence-electron chi connectivity index (χ3n) is 1.50. The maximum Gasteiger partial charge on any atom is 0.347 e. The van der Waals surface area contributed by atoms with E-state index < -0.39 is 5.69 Å². The lowest BCUT2D eigenvalue weighted by atomic mass is 10.5. The van der Waals surface area contributed by atoms with Gasteiger partial charge in [0.15, 0.2) is 0 Å². The minimum absolute atomic E-state index is 0.323. The SMILES string of the molecule is O=c1nccc(Oc2ccccn2)[nH]1. The van der Waals surface area contributed by atoms with Crippen LogP contribution in [0.4, 0.5) is 0 Å². The van der Waals surface area contributed by atoms with E-state index in [1.165, 1.54) is 6.20 Å². The van der Waals surface area contributed by atoms with Crippen LogP contribution in [0.3, 0.4) is 0 Å². The van der Waals surface area contributed by atoms with Crippen molar-refractivity contribution in [3.63, 3.8) is 0 Å². The first kappa shape index (κ1) is 8.43. The summed E-state index contributed by atoms with van der Waals surface area (Å²) in [7, 11) is 0. The molecule has 2 aromatic heterocycles. The van der Waals surface area contributed by atoms with E-state index >= 15 is 0 Å². The molecule has 2 aromatic rings. The zero-order chi connectivity index (χ0) is 9.80. The Kier molecular flexibility index (Phi) is 2.22. The summed E-state index contributed by atoms with van der Waals surface area (Å²) < 4.78 is 5.25. The van der Waals surface area contributed by atoms with Gasteiger partial charge in [-0.15, -0.1) is 0 Å². The lowest BCUT2D eigenvalue weighted by Crippen LogP contribution is -2.09. The van der Waals surface area contributed by atoms with Crippen LogP contribution in [0.5, 0.6) is 11.8 Å². The van der Waals surface area contributed by atoms with Gasteiger partial charge in [-0.1, -0.05) is 6.07 Å². The van der Waals surface area contributed by atoms with Crippen LogP contribution in [0.25, 0.3) is 0 Å². The number of hydrogen-bond donors (Lipinski definition) is 1. The predicted octanol–water partition coefficient (Wildman–Crippen LogP) is 0.957. The summed E-state index contributed by atoms with van der Waals surface area (Å²) in [5.41, 5.74) is -0.446. The standard InChI is InChI=1S/C9H7N3O2/c13-9-11-6-4-8(12-9)14-7-3-1-2-5-10-7/h1-6H,(H,11,12,13). The summed E-state index contributed by atoms with van der Waals surface area (Å²) in [5, 5.41) is 0. The highest BCUT2D eigenvalue weighted by atomic mass is 16.5. The largest absolute Gasteiger partial charge is 0.423 e. The van der Waals surface area contributed by atoms with Crippen LogP contribution in [0.15, 0.2) is 41.5 Å². The average Bonchev–Trinajstić information content (AvgIpc) is 2.19. The lowest BCUT2D eigenvalue weighted by Gasteiger charge is -2.01. The molecule has 0 aliphatic carbocycles. The predicted molar refractivity (Wildman–Crippen MR) is 49.2 cm³/mol. The number of nitrogens with one attached hydrogen (secondary N) is 1. The van der Waals surface area contributed by atoms with E-state index in [1.54, 1.807) is 30.5 Å². The first-order chi connectivity index (χ1) is 6.84. The average molecular weight is 189 g/mol.